The summed E-state index contributed by atoms with van der Waals surface area (Å²) in [6, 6.07) is 20.9. The Kier molecular flexibility index (Phi) is 6.21. The Hall–Kier alpha value is -3.60. The van der Waals surface area contributed by atoms with Gasteiger partial charge >= 0.3 is 5.97 Å². The molecule has 5 heteroatoms. The van der Waals surface area contributed by atoms with Crippen LogP contribution in [0, 0.1) is 0 Å². The van der Waals surface area contributed by atoms with Crippen molar-refractivity contribution in [2.75, 3.05) is 12.4 Å². The zero-order valence-corrected chi connectivity index (χ0v) is 17.6. The van der Waals surface area contributed by atoms with Gasteiger partial charge in [-0.2, -0.15) is 0 Å². The monoisotopic (exact) mass is 403 g/mol. The molecule has 0 aliphatic heterocycles. The van der Waals surface area contributed by atoms with Crippen molar-refractivity contribution in [2.24, 2.45) is 0 Å². The highest BCUT2D eigenvalue weighted by atomic mass is 16.5. The Balaban J connectivity index is 1.74. The lowest BCUT2D eigenvalue weighted by Gasteiger charge is -2.19. The third kappa shape index (κ3) is 5.06. The van der Waals surface area contributed by atoms with Gasteiger partial charge in [-0.05, 0) is 59.5 Å². The summed E-state index contributed by atoms with van der Waals surface area (Å²) in [6.07, 6.45) is 0. The van der Waals surface area contributed by atoms with Crippen LogP contribution >= 0.6 is 0 Å². The number of anilines is 1. The molecule has 0 heterocycles. The summed E-state index contributed by atoms with van der Waals surface area (Å²) < 4.78 is 10.6. The molecule has 154 valence electrons. The van der Waals surface area contributed by atoms with Crippen LogP contribution in [-0.2, 0) is 5.41 Å². The minimum absolute atomic E-state index is 0.0112. The quantitative estimate of drug-likeness (QED) is 0.454. The molecule has 3 rings (SSSR count). The predicted octanol–water partition coefficient (Wildman–Crippen LogP) is 5.46. The molecule has 0 radical (unpaired) electrons. The summed E-state index contributed by atoms with van der Waals surface area (Å²) in [7, 11) is 1.56. The molecule has 0 unspecified atom stereocenters. The van der Waals surface area contributed by atoms with E-state index >= 15 is 0 Å². The molecular formula is C25H25NO4. The van der Waals surface area contributed by atoms with Gasteiger partial charge in [0.05, 0.1) is 18.4 Å². The number of esters is 1. The second-order valence-corrected chi connectivity index (χ2v) is 7.90. The van der Waals surface area contributed by atoms with Gasteiger partial charge in [0.1, 0.15) is 5.75 Å². The van der Waals surface area contributed by atoms with Crippen molar-refractivity contribution in [3.05, 3.63) is 89.5 Å². The predicted molar refractivity (Wildman–Crippen MR) is 117 cm³/mol. The molecule has 3 aromatic carbocycles. The fourth-order valence-corrected chi connectivity index (χ4v) is 2.86. The Morgan fingerprint density at radius 1 is 0.800 bits per heavy atom. The molecule has 0 atom stereocenters. The maximum absolute atomic E-state index is 12.7. The Bertz CT molecular complexity index is 1030. The summed E-state index contributed by atoms with van der Waals surface area (Å²) in [5, 5.41) is 2.82. The highest BCUT2D eigenvalue weighted by molar-refractivity contribution is 6.05. The second-order valence-electron chi connectivity index (χ2n) is 7.90. The molecule has 5 nitrogen and oxygen atoms in total. The van der Waals surface area contributed by atoms with Gasteiger partial charge in [-0.15, -0.1) is 0 Å². The molecule has 30 heavy (non-hydrogen) atoms. The highest BCUT2D eigenvalue weighted by Crippen LogP contribution is 2.27. The SMILES string of the molecule is COc1ccc(C(=O)Oc2ccccc2NC(=O)c2ccc(C(C)(C)C)cc2)cc1. The van der Waals surface area contributed by atoms with Gasteiger partial charge in [0, 0.05) is 5.56 Å². The number of amides is 1. The molecular weight excluding hydrogens is 378 g/mol. The van der Waals surface area contributed by atoms with Crippen LogP contribution in [0.5, 0.6) is 11.5 Å². The minimum atomic E-state index is -0.520. The van der Waals surface area contributed by atoms with E-state index < -0.39 is 5.97 Å². The lowest BCUT2D eigenvalue weighted by atomic mass is 9.87. The first-order valence-corrected chi connectivity index (χ1v) is 9.65. The largest absolute Gasteiger partial charge is 0.497 e. The fraction of sp³-hybridized carbons (Fsp3) is 0.200. The zero-order chi connectivity index (χ0) is 21.7. The highest BCUT2D eigenvalue weighted by Gasteiger charge is 2.16. The molecule has 1 amide bonds. The van der Waals surface area contributed by atoms with Gasteiger partial charge in [0.25, 0.3) is 5.91 Å². The van der Waals surface area contributed by atoms with E-state index in [2.05, 4.69) is 26.1 Å². The molecule has 0 aliphatic rings. The van der Waals surface area contributed by atoms with Crippen LogP contribution in [-0.4, -0.2) is 19.0 Å². The third-order valence-electron chi connectivity index (χ3n) is 4.68. The van der Waals surface area contributed by atoms with Gasteiger partial charge in [0.2, 0.25) is 0 Å². The molecule has 0 saturated heterocycles. The summed E-state index contributed by atoms with van der Waals surface area (Å²) in [5.41, 5.74) is 2.49. The number of hydrogen-bond acceptors (Lipinski definition) is 4. The van der Waals surface area contributed by atoms with Crippen LogP contribution in [0.1, 0.15) is 47.1 Å². The lowest BCUT2D eigenvalue weighted by molar-refractivity contribution is 0.0734. The van der Waals surface area contributed by atoms with Crippen LogP contribution < -0.4 is 14.8 Å². The Morgan fingerprint density at radius 3 is 2.00 bits per heavy atom. The molecule has 3 aromatic rings. The molecule has 0 aromatic heterocycles. The molecule has 0 fully saturated rings. The standard InChI is InChI=1S/C25H25NO4/c1-25(2,3)19-13-9-17(10-14-19)23(27)26-21-7-5-6-8-22(21)30-24(28)18-11-15-20(29-4)16-12-18/h5-16H,1-4H3,(H,26,27). The van der Waals surface area contributed by atoms with Crippen molar-refractivity contribution in [1.82, 2.24) is 0 Å². The molecule has 1 N–H and O–H groups in total. The van der Waals surface area contributed by atoms with Gasteiger partial charge in [-0.3, -0.25) is 4.79 Å². The number of benzene rings is 3. The topological polar surface area (TPSA) is 64.6 Å². The lowest BCUT2D eigenvalue weighted by Crippen LogP contribution is -2.16. The van der Waals surface area contributed by atoms with Crippen molar-refractivity contribution in [1.29, 1.82) is 0 Å². The molecule has 0 aliphatic carbocycles. The van der Waals surface area contributed by atoms with E-state index in [1.165, 1.54) is 0 Å². The summed E-state index contributed by atoms with van der Waals surface area (Å²) in [5.74, 6) is 0.131. The van der Waals surface area contributed by atoms with E-state index in [1.807, 2.05) is 12.1 Å². The average Bonchev–Trinajstić information content (AvgIpc) is 2.74. The van der Waals surface area contributed by atoms with Crippen LogP contribution in [0.15, 0.2) is 72.8 Å². The van der Waals surface area contributed by atoms with Crippen molar-refractivity contribution >= 4 is 17.6 Å². The van der Waals surface area contributed by atoms with Crippen molar-refractivity contribution < 1.29 is 19.1 Å². The van der Waals surface area contributed by atoms with Gasteiger partial charge < -0.3 is 14.8 Å². The first kappa shape index (κ1) is 21.1. The molecule has 0 saturated carbocycles. The van der Waals surface area contributed by atoms with Crippen molar-refractivity contribution in [2.45, 2.75) is 26.2 Å². The number of nitrogens with one attached hydrogen (secondary N) is 1. The number of rotatable bonds is 5. The van der Waals surface area contributed by atoms with Crippen LogP contribution in [0.3, 0.4) is 0 Å². The van der Waals surface area contributed by atoms with E-state index in [1.54, 1.807) is 67.8 Å². The Morgan fingerprint density at radius 2 is 1.40 bits per heavy atom. The average molecular weight is 403 g/mol. The van der Waals surface area contributed by atoms with E-state index in [4.69, 9.17) is 9.47 Å². The number of carbonyl (C=O) groups excluding carboxylic acids is 2. The van der Waals surface area contributed by atoms with Crippen LogP contribution in [0.4, 0.5) is 5.69 Å². The van der Waals surface area contributed by atoms with Crippen molar-refractivity contribution in [3.63, 3.8) is 0 Å². The van der Waals surface area contributed by atoms with Crippen LogP contribution in [0.2, 0.25) is 0 Å². The summed E-state index contributed by atoms with van der Waals surface area (Å²) in [6.45, 7) is 6.36. The third-order valence-corrected chi connectivity index (χ3v) is 4.68. The van der Waals surface area contributed by atoms with E-state index in [-0.39, 0.29) is 17.1 Å². The van der Waals surface area contributed by atoms with Gasteiger partial charge in [-0.25, -0.2) is 4.79 Å². The van der Waals surface area contributed by atoms with Crippen LogP contribution in [0.25, 0.3) is 0 Å². The van der Waals surface area contributed by atoms with Crippen molar-refractivity contribution in [3.8, 4) is 11.5 Å². The first-order valence-electron chi connectivity index (χ1n) is 9.65. The fourth-order valence-electron chi connectivity index (χ4n) is 2.86. The number of hydrogen-bond donors (Lipinski definition) is 1. The second kappa shape index (κ2) is 8.82. The number of para-hydroxylation sites is 2. The normalized spacial score (nSPS) is 10.9. The number of methoxy groups -OCH3 is 1. The minimum Gasteiger partial charge on any atom is -0.497 e. The first-order chi connectivity index (χ1) is 14.3. The number of carbonyl (C=O) groups is 2. The van der Waals surface area contributed by atoms with E-state index in [9.17, 15) is 9.59 Å². The maximum Gasteiger partial charge on any atom is 0.343 e. The zero-order valence-electron chi connectivity index (χ0n) is 17.6. The van der Waals surface area contributed by atoms with E-state index in [0.717, 1.165) is 5.56 Å². The molecule has 0 spiro atoms. The summed E-state index contributed by atoms with van der Waals surface area (Å²) >= 11 is 0. The Labute approximate surface area is 176 Å². The number of ether oxygens (including phenoxy) is 2. The summed E-state index contributed by atoms with van der Waals surface area (Å²) in [4.78, 5) is 25.2. The van der Waals surface area contributed by atoms with Gasteiger partial charge in [0.15, 0.2) is 5.75 Å². The maximum atomic E-state index is 12.7. The molecule has 0 bridgehead atoms. The van der Waals surface area contributed by atoms with Gasteiger partial charge in [-0.1, -0.05) is 45.0 Å². The van der Waals surface area contributed by atoms with E-state index in [0.29, 0.717) is 22.6 Å². The smallest absolute Gasteiger partial charge is 0.343 e.